The van der Waals surface area contributed by atoms with Crippen LogP contribution in [0.4, 0.5) is 15.8 Å². The van der Waals surface area contributed by atoms with Gasteiger partial charge in [-0.3, -0.25) is 4.79 Å². The quantitative estimate of drug-likeness (QED) is 0.585. The predicted octanol–water partition coefficient (Wildman–Crippen LogP) is 3.02. The number of carbonyl (C=O) groups is 1. The summed E-state index contributed by atoms with van der Waals surface area (Å²) in [6.45, 7) is 0. The third-order valence-electron chi connectivity index (χ3n) is 2.46. The number of hydrogen-bond donors (Lipinski definition) is 3. The van der Waals surface area contributed by atoms with Gasteiger partial charge in [-0.25, -0.2) is 4.39 Å². The van der Waals surface area contributed by atoms with E-state index in [0.29, 0.717) is 0 Å². The zero-order valence-corrected chi connectivity index (χ0v) is 10.4. The lowest BCUT2D eigenvalue weighted by Gasteiger charge is -2.08. The number of amides is 1. The molecule has 0 spiro atoms. The van der Waals surface area contributed by atoms with E-state index in [0.717, 1.165) is 6.07 Å². The Bertz CT molecular complexity index is 647. The van der Waals surface area contributed by atoms with Gasteiger partial charge in [-0.2, -0.15) is 0 Å². The molecule has 0 aliphatic rings. The molecule has 2 aromatic carbocycles. The van der Waals surface area contributed by atoms with Crippen molar-refractivity contribution in [3.05, 3.63) is 52.8 Å². The Balaban J connectivity index is 2.25. The van der Waals surface area contributed by atoms with Crippen LogP contribution in [-0.4, -0.2) is 11.0 Å². The number of nitrogen functional groups attached to an aromatic ring is 1. The van der Waals surface area contributed by atoms with Crippen LogP contribution in [0.15, 0.2) is 36.4 Å². The van der Waals surface area contributed by atoms with Gasteiger partial charge in [-0.05, 0) is 36.4 Å². The van der Waals surface area contributed by atoms with E-state index < -0.39 is 11.7 Å². The van der Waals surface area contributed by atoms with Gasteiger partial charge in [0.15, 0.2) is 0 Å². The molecule has 2 aromatic rings. The molecule has 0 aromatic heterocycles. The van der Waals surface area contributed by atoms with Gasteiger partial charge in [-0.15, -0.1) is 0 Å². The Morgan fingerprint density at radius 1 is 1.26 bits per heavy atom. The number of hydrogen-bond acceptors (Lipinski definition) is 3. The van der Waals surface area contributed by atoms with E-state index in [1.165, 1.54) is 30.3 Å². The Morgan fingerprint density at radius 2 is 2.00 bits per heavy atom. The number of phenolic OH excluding ortho intramolecular Hbond substituents is 1. The predicted molar refractivity (Wildman–Crippen MR) is 71.9 cm³/mol. The number of rotatable bonds is 2. The third-order valence-corrected chi connectivity index (χ3v) is 2.77. The monoisotopic (exact) mass is 280 g/mol. The molecule has 98 valence electrons. The standard InChI is InChI=1S/C13H10ClFN2O2/c14-10-3-1-7(5-11(10)15)17-13(19)9-6-8(18)2-4-12(9)16/h1-6,18H,16H2,(H,17,19). The molecule has 0 saturated carbocycles. The van der Waals surface area contributed by atoms with E-state index in [1.807, 2.05) is 0 Å². The number of anilines is 2. The summed E-state index contributed by atoms with van der Waals surface area (Å²) in [4.78, 5) is 11.9. The summed E-state index contributed by atoms with van der Waals surface area (Å²) in [5.41, 5.74) is 6.20. The van der Waals surface area contributed by atoms with Crippen molar-refractivity contribution in [3.63, 3.8) is 0 Å². The van der Waals surface area contributed by atoms with Crippen molar-refractivity contribution >= 4 is 28.9 Å². The number of phenols is 1. The first-order valence-corrected chi connectivity index (χ1v) is 5.70. The van der Waals surface area contributed by atoms with Crippen LogP contribution in [0.1, 0.15) is 10.4 Å². The Hall–Kier alpha value is -2.27. The maximum atomic E-state index is 13.2. The molecule has 0 fully saturated rings. The van der Waals surface area contributed by atoms with Crippen LogP contribution in [-0.2, 0) is 0 Å². The van der Waals surface area contributed by atoms with E-state index >= 15 is 0 Å². The fourth-order valence-electron chi connectivity index (χ4n) is 1.51. The first-order chi connectivity index (χ1) is 8.97. The smallest absolute Gasteiger partial charge is 0.257 e. The first-order valence-electron chi connectivity index (χ1n) is 5.32. The normalized spacial score (nSPS) is 10.2. The lowest BCUT2D eigenvalue weighted by atomic mass is 10.1. The highest BCUT2D eigenvalue weighted by Crippen LogP contribution is 2.22. The second-order valence-corrected chi connectivity index (χ2v) is 4.26. The molecule has 19 heavy (non-hydrogen) atoms. The Kier molecular flexibility index (Phi) is 3.57. The van der Waals surface area contributed by atoms with Gasteiger partial charge in [0.1, 0.15) is 11.6 Å². The summed E-state index contributed by atoms with van der Waals surface area (Å²) in [5, 5.41) is 11.8. The third kappa shape index (κ3) is 2.95. The summed E-state index contributed by atoms with van der Waals surface area (Å²) >= 11 is 5.54. The number of aromatic hydroxyl groups is 1. The largest absolute Gasteiger partial charge is 0.508 e. The van der Waals surface area contributed by atoms with E-state index in [4.69, 9.17) is 17.3 Å². The van der Waals surface area contributed by atoms with Gasteiger partial charge in [0, 0.05) is 11.4 Å². The van der Waals surface area contributed by atoms with Crippen LogP contribution in [0.5, 0.6) is 5.75 Å². The molecular formula is C13H10ClFN2O2. The fourth-order valence-corrected chi connectivity index (χ4v) is 1.63. The van der Waals surface area contributed by atoms with Crippen LogP contribution in [0.3, 0.4) is 0 Å². The lowest BCUT2D eigenvalue weighted by molar-refractivity contribution is 0.102. The lowest BCUT2D eigenvalue weighted by Crippen LogP contribution is -2.14. The fraction of sp³-hybridized carbons (Fsp3) is 0. The van der Waals surface area contributed by atoms with Crippen LogP contribution in [0, 0.1) is 5.82 Å². The topological polar surface area (TPSA) is 75.3 Å². The average molecular weight is 281 g/mol. The molecule has 2 rings (SSSR count). The Labute approximate surface area is 113 Å². The number of halogens is 2. The highest BCUT2D eigenvalue weighted by atomic mass is 35.5. The molecule has 0 unspecified atom stereocenters. The van der Waals surface area contributed by atoms with Gasteiger partial charge < -0.3 is 16.2 Å². The van der Waals surface area contributed by atoms with E-state index in [1.54, 1.807) is 0 Å². The average Bonchev–Trinajstić information content (AvgIpc) is 2.36. The molecule has 0 aliphatic heterocycles. The molecule has 6 heteroatoms. The second-order valence-electron chi connectivity index (χ2n) is 3.85. The molecule has 0 atom stereocenters. The van der Waals surface area contributed by atoms with Crippen LogP contribution >= 0.6 is 11.6 Å². The summed E-state index contributed by atoms with van der Waals surface area (Å²) in [6.07, 6.45) is 0. The van der Waals surface area contributed by atoms with Crippen molar-refractivity contribution in [2.75, 3.05) is 11.1 Å². The van der Waals surface area contributed by atoms with Crippen molar-refractivity contribution in [2.24, 2.45) is 0 Å². The van der Waals surface area contributed by atoms with Crippen LogP contribution < -0.4 is 11.1 Å². The molecule has 1 amide bonds. The summed E-state index contributed by atoms with van der Waals surface area (Å²) in [5.74, 6) is -1.26. The molecule has 0 bridgehead atoms. The molecule has 0 radical (unpaired) electrons. The van der Waals surface area contributed by atoms with Crippen molar-refractivity contribution in [1.29, 1.82) is 0 Å². The highest BCUT2D eigenvalue weighted by Gasteiger charge is 2.11. The molecule has 0 saturated heterocycles. The number of carbonyl (C=O) groups excluding carboxylic acids is 1. The Morgan fingerprint density at radius 3 is 2.68 bits per heavy atom. The summed E-state index contributed by atoms with van der Waals surface area (Å²) < 4.78 is 13.2. The van der Waals surface area contributed by atoms with Crippen molar-refractivity contribution in [1.82, 2.24) is 0 Å². The maximum absolute atomic E-state index is 13.2. The van der Waals surface area contributed by atoms with Gasteiger partial charge in [0.05, 0.1) is 10.6 Å². The second kappa shape index (κ2) is 5.16. The molecule has 4 N–H and O–H groups in total. The van der Waals surface area contributed by atoms with Crippen molar-refractivity contribution in [3.8, 4) is 5.75 Å². The molecule has 0 heterocycles. The maximum Gasteiger partial charge on any atom is 0.257 e. The first kappa shape index (κ1) is 13.2. The van der Waals surface area contributed by atoms with Crippen molar-refractivity contribution in [2.45, 2.75) is 0 Å². The molecule has 0 aliphatic carbocycles. The summed E-state index contributed by atoms with van der Waals surface area (Å²) in [6, 6.07) is 7.90. The van der Waals surface area contributed by atoms with Gasteiger partial charge in [-0.1, -0.05) is 11.6 Å². The molecule has 4 nitrogen and oxygen atoms in total. The number of benzene rings is 2. The summed E-state index contributed by atoms with van der Waals surface area (Å²) in [7, 11) is 0. The van der Waals surface area contributed by atoms with E-state index in [2.05, 4.69) is 5.32 Å². The minimum atomic E-state index is -0.636. The van der Waals surface area contributed by atoms with Crippen molar-refractivity contribution < 1.29 is 14.3 Å². The minimum Gasteiger partial charge on any atom is -0.508 e. The minimum absolute atomic E-state index is 0.0325. The van der Waals surface area contributed by atoms with Crippen LogP contribution in [0.25, 0.3) is 0 Å². The zero-order chi connectivity index (χ0) is 14.0. The number of nitrogens with one attached hydrogen (secondary N) is 1. The SMILES string of the molecule is Nc1ccc(O)cc1C(=O)Nc1ccc(Cl)c(F)c1. The number of nitrogens with two attached hydrogens (primary N) is 1. The van der Waals surface area contributed by atoms with Gasteiger partial charge in [0.2, 0.25) is 0 Å². The van der Waals surface area contributed by atoms with E-state index in [9.17, 15) is 14.3 Å². The highest BCUT2D eigenvalue weighted by molar-refractivity contribution is 6.30. The molecular weight excluding hydrogens is 271 g/mol. The van der Waals surface area contributed by atoms with E-state index in [-0.39, 0.29) is 27.7 Å². The van der Waals surface area contributed by atoms with Crippen LogP contribution in [0.2, 0.25) is 5.02 Å². The van der Waals surface area contributed by atoms with Gasteiger partial charge >= 0.3 is 0 Å². The zero-order valence-electron chi connectivity index (χ0n) is 9.65. The van der Waals surface area contributed by atoms with Gasteiger partial charge in [0.25, 0.3) is 5.91 Å².